The molecule has 5 rings (SSSR count). The van der Waals surface area contributed by atoms with E-state index in [-0.39, 0.29) is 11.8 Å². The summed E-state index contributed by atoms with van der Waals surface area (Å²) in [4.78, 5) is 0. The molecule has 1 fully saturated rings. The fourth-order valence-electron chi connectivity index (χ4n) is 4.30. The first kappa shape index (κ1) is 14.4. The van der Waals surface area contributed by atoms with E-state index in [0.717, 1.165) is 41.3 Å². The van der Waals surface area contributed by atoms with Crippen LogP contribution in [-0.4, -0.2) is 16.4 Å². The summed E-state index contributed by atoms with van der Waals surface area (Å²) < 4.78 is 6.50. The van der Waals surface area contributed by atoms with Crippen molar-refractivity contribution >= 4 is 17.3 Å². The Morgan fingerprint density at radius 3 is 2.58 bits per heavy atom. The van der Waals surface area contributed by atoms with Crippen LogP contribution < -0.4 is 4.74 Å². The van der Waals surface area contributed by atoms with Gasteiger partial charge in [0.25, 0.3) is 0 Å². The zero-order chi connectivity index (χ0) is 16.1. The Balaban J connectivity index is 1.59. The smallest absolute Gasteiger partial charge is 0.198 e. The van der Waals surface area contributed by atoms with Gasteiger partial charge < -0.3 is 4.74 Å². The van der Waals surface area contributed by atoms with Crippen LogP contribution in [0.25, 0.3) is 0 Å². The number of para-hydroxylation sites is 1. The number of ether oxygens (including phenoxy) is 1. The second-order valence-corrected chi connectivity index (χ2v) is 7.35. The quantitative estimate of drug-likeness (QED) is 0.718. The minimum atomic E-state index is -0.257. The van der Waals surface area contributed by atoms with Crippen molar-refractivity contribution in [1.82, 2.24) is 5.01 Å². The number of hydrogen-bond acceptors (Lipinski definition) is 3. The zero-order valence-electron chi connectivity index (χ0n) is 13.4. The van der Waals surface area contributed by atoms with E-state index in [9.17, 15) is 0 Å². The minimum Gasteiger partial charge on any atom is -0.466 e. The normalized spacial score (nSPS) is 23.6. The van der Waals surface area contributed by atoms with Gasteiger partial charge >= 0.3 is 0 Å². The molecule has 3 aliphatic rings. The predicted molar refractivity (Wildman–Crippen MR) is 95.5 cm³/mol. The van der Waals surface area contributed by atoms with E-state index in [0.29, 0.717) is 0 Å². The monoisotopic (exact) mass is 338 g/mol. The van der Waals surface area contributed by atoms with E-state index in [4.69, 9.17) is 21.4 Å². The van der Waals surface area contributed by atoms with E-state index < -0.39 is 0 Å². The lowest BCUT2D eigenvalue weighted by atomic mass is 9.94. The summed E-state index contributed by atoms with van der Waals surface area (Å²) in [7, 11) is 0. The lowest BCUT2D eigenvalue weighted by Crippen LogP contribution is -2.51. The lowest BCUT2D eigenvalue weighted by Gasteiger charge is -2.45. The van der Waals surface area contributed by atoms with Gasteiger partial charge in [-0.3, -0.25) is 0 Å². The van der Waals surface area contributed by atoms with Crippen LogP contribution in [0.5, 0.6) is 5.75 Å². The highest BCUT2D eigenvalue weighted by molar-refractivity contribution is 6.30. The molecular formula is C20H19ClN2O. The molecule has 0 radical (unpaired) electrons. The summed E-state index contributed by atoms with van der Waals surface area (Å²) in [6.07, 6.45) is 5.43. The molecule has 0 N–H and O–H groups in total. The Hall–Kier alpha value is -2.00. The number of rotatable bonds is 1. The second-order valence-electron chi connectivity index (χ2n) is 6.91. The second kappa shape index (κ2) is 5.25. The summed E-state index contributed by atoms with van der Waals surface area (Å²) in [5, 5.41) is 8.04. The average Bonchev–Trinajstić information content (AvgIpc) is 3.24. The van der Waals surface area contributed by atoms with Crippen LogP contribution in [0.1, 0.15) is 49.3 Å². The molecule has 1 aliphatic carbocycles. The molecule has 2 aliphatic heterocycles. The molecule has 1 unspecified atom stereocenters. The van der Waals surface area contributed by atoms with Crippen molar-refractivity contribution in [1.29, 1.82) is 0 Å². The maximum Gasteiger partial charge on any atom is 0.198 e. The molecule has 0 saturated heterocycles. The van der Waals surface area contributed by atoms with Gasteiger partial charge in [-0.2, -0.15) is 5.10 Å². The maximum atomic E-state index is 6.50. The molecule has 24 heavy (non-hydrogen) atoms. The van der Waals surface area contributed by atoms with E-state index in [1.807, 2.05) is 12.1 Å². The van der Waals surface area contributed by atoms with Crippen molar-refractivity contribution in [2.24, 2.45) is 5.10 Å². The molecule has 1 saturated carbocycles. The fraction of sp³-hybridized carbons (Fsp3) is 0.350. The molecule has 122 valence electrons. The van der Waals surface area contributed by atoms with Crippen molar-refractivity contribution in [2.45, 2.75) is 43.9 Å². The van der Waals surface area contributed by atoms with Gasteiger partial charge in [0.1, 0.15) is 5.75 Å². The summed E-state index contributed by atoms with van der Waals surface area (Å²) in [6, 6.07) is 16.7. The third-order valence-corrected chi connectivity index (χ3v) is 5.72. The molecule has 3 nitrogen and oxygen atoms in total. The van der Waals surface area contributed by atoms with Crippen LogP contribution in [0.4, 0.5) is 0 Å². The van der Waals surface area contributed by atoms with Gasteiger partial charge in [-0.25, -0.2) is 5.01 Å². The molecule has 4 heteroatoms. The van der Waals surface area contributed by atoms with Crippen molar-refractivity contribution in [3.63, 3.8) is 0 Å². The third-order valence-electron chi connectivity index (χ3n) is 5.47. The Bertz CT molecular complexity index is 809. The van der Waals surface area contributed by atoms with Crippen LogP contribution in [0, 0.1) is 0 Å². The zero-order valence-corrected chi connectivity index (χ0v) is 14.2. The average molecular weight is 339 g/mol. The highest BCUT2D eigenvalue weighted by atomic mass is 35.5. The Kier molecular flexibility index (Phi) is 3.14. The maximum absolute atomic E-state index is 6.50. The van der Waals surface area contributed by atoms with Gasteiger partial charge in [0.05, 0.1) is 11.8 Å². The summed E-state index contributed by atoms with van der Waals surface area (Å²) >= 11 is 6.04. The van der Waals surface area contributed by atoms with Crippen LogP contribution in [0.15, 0.2) is 53.6 Å². The minimum absolute atomic E-state index is 0.257. The van der Waals surface area contributed by atoms with E-state index in [1.54, 1.807) is 0 Å². The Labute approximate surface area is 146 Å². The summed E-state index contributed by atoms with van der Waals surface area (Å²) in [5.41, 5.74) is 3.28. The van der Waals surface area contributed by atoms with Gasteiger partial charge in [-0.15, -0.1) is 0 Å². The van der Waals surface area contributed by atoms with Crippen molar-refractivity contribution in [2.75, 3.05) is 0 Å². The molecule has 1 atom stereocenters. The summed E-state index contributed by atoms with van der Waals surface area (Å²) in [5.74, 6) is 1.04. The number of nitrogens with zero attached hydrogens (tertiary/aromatic N) is 2. The number of hydrogen-bond donors (Lipinski definition) is 0. The highest BCUT2D eigenvalue weighted by Gasteiger charge is 2.51. The van der Waals surface area contributed by atoms with Gasteiger partial charge in [0.15, 0.2) is 5.72 Å². The standard InChI is InChI=1S/C20H19ClN2O/c21-15-9-7-14(8-10-15)17-13-18-16-5-1-2-6-19(16)24-20(23(18)22-17)11-3-4-12-20/h1-2,5-10,18H,3-4,11-13H2. The number of hydrazone groups is 1. The molecule has 2 heterocycles. The first-order valence-corrected chi connectivity index (χ1v) is 9.04. The Morgan fingerprint density at radius 1 is 1.04 bits per heavy atom. The Morgan fingerprint density at radius 2 is 1.79 bits per heavy atom. The molecule has 2 aromatic rings. The van der Waals surface area contributed by atoms with Crippen LogP contribution >= 0.6 is 11.6 Å². The number of fused-ring (bicyclic) bond motifs is 4. The molecule has 0 bridgehead atoms. The van der Waals surface area contributed by atoms with Crippen molar-refractivity contribution in [3.8, 4) is 5.75 Å². The number of halogens is 1. The molecule has 0 aromatic heterocycles. The molecule has 1 spiro atoms. The van der Waals surface area contributed by atoms with Crippen molar-refractivity contribution < 1.29 is 4.74 Å². The third kappa shape index (κ3) is 2.07. The largest absolute Gasteiger partial charge is 0.466 e. The predicted octanol–water partition coefficient (Wildman–Crippen LogP) is 5.15. The van der Waals surface area contributed by atoms with Crippen LogP contribution in [-0.2, 0) is 0 Å². The molecule has 0 amide bonds. The fourth-order valence-corrected chi connectivity index (χ4v) is 4.43. The summed E-state index contributed by atoms with van der Waals surface area (Å²) in [6.45, 7) is 0. The van der Waals surface area contributed by atoms with Gasteiger partial charge in [-0.1, -0.05) is 41.9 Å². The van der Waals surface area contributed by atoms with Crippen molar-refractivity contribution in [3.05, 3.63) is 64.7 Å². The van der Waals surface area contributed by atoms with E-state index in [2.05, 4.69) is 41.4 Å². The molecular weight excluding hydrogens is 320 g/mol. The van der Waals surface area contributed by atoms with E-state index in [1.165, 1.54) is 18.4 Å². The lowest BCUT2D eigenvalue weighted by molar-refractivity contribution is -0.114. The van der Waals surface area contributed by atoms with Crippen LogP contribution in [0.2, 0.25) is 5.02 Å². The topological polar surface area (TPSA) is 24.8 Å². The van der Waals surface area contributed by atoms with Gasteiger partial charge in [-0.05, 0) is 36.6 Å². The first-order valence-electron chi connectivity index (χ1n) is 8.66. The SMILES string of the molecule is Clc1ccc(C2=NN3C(C2)c2ccccc2OC32CCCC2)cc1. The van der Waals surface area contributed by atoms with Gasteiger partial charge in [0, 0.05) is 29.8 Å². The highest BCUT2D eigenvalue weighted by Crippen LogP contribution is 2.51. The number of benzene rings is 2. The molecule has 2 aromatic carbocycles. The van der Waals surface area contributed by atoms with Crippen LogP contribution in [0.3, 0.4) is 0 Å². The first-order chi connectivity index (χ1) is 11.8. The van der Waals surface area contributed by atoms with E-state index >= 15 is 0 Å². The van der Waals surface area contributed by atoms with Gasteiger partial charge in [0.2, 0.25) is 0 Å².